The molecule has 0 radical (unpaired) electrons. The summed E-state index contributed by atoms with van der Waals surface area (Å²) in [5.41, 5.74) is 4.01. The van der Waals surface area contributed by atoms with Crippen LogP contribution in [0.3, 0.4) is 0 Å². The van der Waals surface area contributed by atoms with Crippen molar-refractivity contribution in [2.45, 2.75) is 13.8 Å². The molecule has 0 saturated carbocycles. The largest absolute Gasteiger partial charge is 0.464 e. The molecule has 6 heteroatoms. The number of carbonyl (C=O) groups is 2. The zero-order chi connectivity index (χ0) is 21.9. The van der Waals surface area contributed by atoms with Crippen LogP contribution in [0.1, 0.15) is 34.6 Å². The van der Waals surface area contributed by atoms with E-state index in [4.69, 9.17) is 4.42 Å². The Kier molecular flexibility index (Phi) is 8.84. The van der Waals surface area contributed by atoms with E-state index >= 15 is 0 Å². The second kappa shape index (κ2) is 11.6. The Morgan fingerprint density at radius 2 is 1.17 bits per heavy atom. The summed E-state index contributed by atoms with van der Waals surface area (Å²) in [7, 11) is 3.75. The van der Waals surface area contributed by atoms with E-state index in [2.05, 4.69) is 16.0 Å². The Labute approximate surface area is 177 Å². The van der Waals surface area contributed by atoms with Crippen LogP contribution in [0.5, 0.6) is 0 Å². The predicted molar refractivity (Wildman–Crippen MR) is 121 cm³/mol. The first-order valence-corrected chi connectivity index (χ1v) is 9.98. The minimum Gasteiger partial charge on any atom is -0.464 e. The highest BCUT2D eigenvalue weighted by Gasteiger charge is 2.13. The number of benzene rings is 2. The molecule has 2 amide bonds. The summed E-state index contributed by atoms with van der Waals surface area (Å²) in [4.78, 5) is 23.8. The van der Waals surface area contributed by atoms with Crippen LogP contribution in [0, 0.1) is 0 Å². The van der Waals surface area contributed by atoms with Crippen molar-refractivity contribution in [2.75, 3.05) is 27.2 Å². The highest BCUT2D eigenvalue weighted by molar-refractivity contribution is 5.95. The predicted octanol–water partition coefficient (Wildman–Crippen LogP) is 3.95. The van der Waals surface area contributed by atoms with Gasteiger partial charge in [0.2, 0.25) is 0 Å². The molecule has 3 N–H and O–H groups in total. The second-order valence-electron chi connectivity index (χ2n) is 6.54. The monoisotopic (exact) mass is 407 g/mol. The van der Waals surface area contributed by atoms with Gasteiger partial charge in [0, 0.05) is 35.3 Å². The van der Waals surface area contributed by atoms with Crippen LogP contribution in [-0.4, -0.2) is 39.0 Å². The van der Waals surface area contributed by atoms with Gasteiger partial charge in [0.05, 0.1) is 6.26 Å². The van der Waals surface area contributed by atoms with E-state index in [0.29, 0.717) is 24.2 Å². The summed E-state index contributed by atoms with van der Waals surface area (Å²) < 4.78 is 5.69. The van der Waals surface area contributed by atoms with E-state index in [-0.39, 0.29) is 11.8 Å². The molecule has 0 atom stereocenters. The maximum atomic E-state index is 11.9. The van der Waals surface area contributed by atoms with Crippen molar-refractivity contribution >= 4 is 11.8 Å². The number of hydrogen-bond donors (Lipinski definition) is 3. The maximum Gasteiger partial charge on any atom is 0.251 e. The molecule has 0 aliphatic heterocycles. The third-order valence-corrected chi connectivity index (χ3v) is 4.21. The average molecular weight is 408 g/mol. The molecule has 6 nitrogen and oxygen atoms in total. The van der Waals surface area contributed by atoms with Crippen molar-refractivity contribution in [3.05, 3.63) is 72.0 Å². The van der Waals surface area contributed by atoms with Gasteiger partial charge in [-0.2, -0.15) is 0 Å². The second-order valence-corrected chi connectivity index (χ2v) is 6.54. The Bertz CT molecular complexity index is 869. The molecule has 0 unspecified atom stereocenters. The topological polar surface area (TPSA) is 83.4 Å². The number of nitrogens with one attached hydrogen (secondary N) is 3. The van der Waals surface area contributed by atoms with Gasteiger partial charge in [-0.25, -0.2) is 0 Å². The van der Waals surface area contributed by atoms with Gasteiger partial charge in [0.15, 0.2) is 0 Å². The van der Waals surface area contributed by atoms with E-state index < -0.39 is 0 Å². The summed E-state index contributed by atoms with van der Waals surface area (Å²) in [6.07, 6.45) is 1.64. The first-order valence-electron chi connectivity index (χ1n) is 9.98. The molecule has 30 heavy (non-hydrogen) atoms. The standard InChI is InChI=1S/C22H22N2O3.C2H7N/c1-3-23-21(25)17-9-5-15(6-10-17)19-13-14-27-20(19)16-7-11-18(12-8-16)22(26)24-4-2;1-3-2/h5-14H,3-4H2,1-2H3,(H,23,25)(H,24,26);3H,1-2H3. The van der Waals surface area contributed by atoms with Crippen LogP contribution in [0.2, 0.25) is 0 Å². The van der Waals surface area contributed by atoms with Crippen LogP contribution < -0.4 is 16.0 Å². The molecule has 0 spiro atoms. The van der Waals surface area contributed by atoms with Gasteiger partial charge in [-0.3, -0.25) is 9.59 Å². The lowest BCUT2D eigenvalue weighted by molar-refractivity contribution is 0.0947. The molecule has 0 aliphatic rings. The summed E-state index contributed by atoms with van der Waals surface area (Å²) >= 11 is 0. The first kappa shape index (κ1) is 22.9. The van der Waals surface area contributed by atoms with E-state index in [0.717, 1.165) is 22.5 Å². The lowest BCUT2D eigenvalue weighted by Gasteiger charge is -2.07. The number of furan rings is 1. The third-order valence-electron chi connectivity index (χ3n) is 4.21. The quantitative estimate of drug-likeness (QED) is 0.578. The Hall–Kier alpha value is -3.38. The highest BCUT2D eigenvalue weighted by atomic mass is 16.3. The minimum atomic E-state index is -0.0929. The summed E-state index contributed by atoms with van der Waals surface area (Å²) in [6, 6.07) is 16.6. The van der Waals surface area contributed by atoms with Crippen molar-refractivity contribution < 1.29 is 14.0 Å². The number of amides is 2. The van der Waals surface area contributed by atoms with Gasteiger partial charge in [-0.05, 0) is 63.8 Å². The highest BCUT2D eigenvalue weighted by Crippen LogP contribution is 2.33. The van der Waals surface area contributed by atoms with Gasteiger partial charge < -0.3 is 20.4 Å². The molecule has 3 rings (SSSR count). The fourth-order valence-corrected chi connectivity index (χ4v) is 2.86. The Morgan fingerprint density at radius 1 is 0.733 bits per heavy atom. The van der Waals surface area contributed by atoms with Crippen molar-refractivity contribution in [3.8, 4) is 22.5 Å². The smallest absolute Gasteiger partial charge is 0.251 e. The van der Waals surface area contributed by atoms with Crippen LogP contribution in [0.15, 0.2) is 65.3 Å². The molecule has 2 aromatic carbocycles. The van der Waals surface area contributed by atoms with E-state index in [9.17, 15) is 9.59 Å². The van der Waals surface area contributed by atoms with Gasteiger partial charge in [-0.1, -0.05) is 24.3 Å². The summed E-state index contributed by atoms with van der Waals surface area (Å²) in [5, 5.41) is 8.32. The van der Waals surface area contributed by atoms with E-state index in [1.807, 2.05) is 58.3 Å². The molecule has 158 valence electrons. The van der Waals surface area contributed by atoms with Gasteiger partial charge in [0.1, 0.15) is 5.76 Å². The van der Waals surface area contributed by atoms with Crippen molar-refractivity contribution in [2.24, 2.45) is 0 Å². The molecule has 0 fully saturated rings. The van der Waals surface area contributed by atoms with Crippen LogP contribution in [0.4, 0.5) is 0 Å². The molecule has 1 aromatic heterocycles. The molecule has 1 heterocycles. The van der Waals surface area contributed by atoms with Crippen molar-refractivity contribution in [1.29, 1.82) is 0 Å². The minimum absolute atomic E-state index is 0.0857. The third kappa shape index (κ3) is 5.81. The lowest BCUT2D eigenvalue weighted by Crippen LogP contribution is -2.22. The molecular weight excluding hydrogens is 378 g/mol. The summed E-state index contributed by atoms with van der Waals surface area (Å²) in [5.74, 6) is 0.547. The number of hydrogen-bond acceptors (Lipinski definition) is 4. The van der Waals surface area contributed by atoms with E-state index in [1.165, 1.54) is 0 Å². The average Bonchev–Trinajstić information content (AvgIpc) is 3.25. The number of rotatable bonds is 6. The van der Waals surface area contributed by atoms with Crippen molar-refractivity contribution in [3.63, 3.8) is 0 Å². The van der Waals surface area contributed by atoms with Gasteiger partial charge >= 0.3 is 0 Å². The van der Waals surface area contributed by atoms with Crippen LogP contribution in [-0.2, 0) is 0 Å². The van der Waals surface area contributed by atoms with E-state index in [1.54, 1.807) is 30.5 Å². The fraction of sp³-hybridized carbons (Fsp3) is 0.250. The SMILES string of the molecule is CCNC(=O)c1ccc(-c2ccoc2-c2ccc(C(=O)NCC)cc2)cc1.CNC. The lowest BCUT2D eigenvalue weighted by atomic mass is 10.00. The van der Waals surface area contributed by atoms with Gasteiger partial charge in [-0.15, -0.1) is 0 Å². The Morgan fingerprint density at radius 3 is 1.60 bits per heavy atom. The van der Waals surface area contributed by atoms with Crippen LogP contribution >= 0.6 is 0 Å². The molecule has 3 aromatic rings. The fourth-order valence-electron chi connectivity index (χ4n) is 2.86. The molecule has 0 bridgehead atoms. The van der Waals surface area contributed by atoms with Gasteiger partial charge in [0.25, 0.3) is 11.8 Å². The Balaban J connectivity index is 0.00000101. The van der Waals surface area contributed by atoms with Crippen LogP contribution in [0.25, 0.3) is 22.5 Å². The zero-order valence-corrected chi connectivity index (χ0v) is 17.9. The summed E-state index contributed by atoms with van der Waals surface area (Å²) in [6.45, 7) is 4.97. The zero-order valence-electron chi connectivity index (χ0n) is 17.9. The molecule has 0 saturated heterocycles. The first-order chi connectivity index (χ1) is 14.5. The normalized spacial score (nSPS) is 10.0. The molecular formula is C24H29N3O3. The maximum absolute atomic E-state index is 11.9. The molecule has 0 aliphatic carbocycles. The van der Waals surface area contributed by atoms with Crippen molar-refractivity contribution in [1.82, 2.24) is 16.0 Å². The number of carbonyl (C=O) groups excluding carboxylic acids is 2.